The van der Waals surface area contributed by atoms with E-state index in [4.69, 9.17) is 9.47 Å². The summed E-state index contributed by atoms with van der Waals surface area (Å²) in [5, 5.41) is 6.65. The minimum atomic E-state index is 0. The minimum absolute atomic E-state index is 0. The molecule has 3 rings (SSSR count). The van der Waals surface area contributed by atoms with Gasteiger partial charge in [0.25, 0.3) is 0 Å². The summed E-state index contributed by atoms with van der Waals surface area (Å²) in [5.41, 5.74) is 1.05. The highest BCUT2D eigenvalue weighted by Gasteiger charge is 2.04. The van der Waals surface area contributed by atoms with Gasteiger partial charge in [0, 0.05) is 35.6 Å². The van der Waals surface area contributed by atoms with E-state index in [-0.39, 0.29) is 24.0 Å². The smallest absolute Gasteiger partial charge is 0.219 e. The maximum absolute atomic E-state index is 5.85. The van der Waals surface area contributed by atoms with Crippen LogP contribution in [0.1, 0.15) is 22.2 Å². The molecule has 2 N–H and O–H groups in total. The molecule has 0 atom stereocenters. The Morgan fingerprint density at radius 1 is 1.03 bits per heavy atom. The van der Waals surface area contributed by atoms with Crippen molar-refractivity contribution in [1.82, 2.24) is 15.6 Å². The maximum atomic E-state index is 5.85. The van der Waals surface area contributed by atoms with Crippen LogP contribution in [0.2, 0.25) is 0 Å². The third kappa shape index (κ3) is 7.49. The summed E-state index contributed by atoms with van der Waals surface area (Å²) >= 11 is 1.78. The third-order valence-electron chi connectivity index (χ3n) is 4.07. The van der Waals surface area contributed by atoms with Crippen molar-refractivity contribution in [3.8, 4) is 17.4 Å². The van der Waals surface area contributed by atoms with Crippen LogP contribution in [0.3, 0.4) is 0 Å². The average Bonchev–Trinajstić information content (AvgIpc) is 3.15. The number of aromatic nitrogens is 1. The van der Waals surface area contributed by atoms with Crippen LogP contribution in [0, 0.1) is 6.92 Å². The molecule has 3 aromatic rings. The molecule has 0 saturated carbocycles. The van der Waals surface area contributed by atoms with Crippen molar-refractivity contribution in [2.75, 3.05) is 13.7 Å². The van der Waals surface area contributed by atoms with E-state index in [1.165, 1.54) is 9.75 Å². The van der Waals surface area contributed by atoms with Crippen molar-refractivity contribution < 1.29 is 9.47 Å². The van der Waals surface area contributed by atoms with E-state index in [9.17, 15) is 0 Å². The maximum Gasteiger partial charge on any atom is 0.219 e. The van der Waals surface area contributed by atoms with Gasteiger partial charge in [-0.1, -0.05) is 0 Å². The van der Waals surface area contributed by atoms with E-state index in [1.54, 1.807) is 24.6 Å². The molecule has 0 aliphatic heterocycles. The van der Waals surface area contributed by atoms with Crippen LogP contribution in [0.4, 0.5) is 0 Å². The molecule has 160 valence electrons. The first-order valence-electron chi connectivity index (χ1n) is 9.51. The predicted octanol–water partition coefficient (Wildman–Crippen LogP) is 5.13. The number of rotatable bonds is 8. The summed E-state index contributed by atoms with van der Waals surface area (Å²) in [4.78, 5) is 11.2. The summed E-state index contributed by atoms with van der Waals surface area (Å²) < 4.78 is 11.3. The molecule has 8 heteroatoms. The van der Waals surface area contributed by atoms with Crippen molar-refractivity contribution in [2.24, 2.45) is 4.99 Å². The van der Waals surface area contributed by atoms with Gasteiger partial charge in [0.2, 0.25) is 5.88 Å². The van der Waals surface area contributed by atoms with Crippen LogP contribution < -0.4 is 20.1 Å². The zero-order valence-electron chi connectivity index (χ0n) is 17.3. The number of halogens is 1. The normalized spacial score (nSPS) is 10.8. The van der Waals surface area contributed by atoms with E-state index in [0.717, 1.165) is 29.6 Å². The molecular weight excluding hydrogens is 511 g/mol. The number of aliphatic imine (C=N–C) groups is 1. The van der Waals surface area contributed by atoms with Gasteiger partial charge >= 0.3 is 0 Å². The first-order chi connectivity index (χ1) is 14.2. The first-order valence-corrected chi connectivity index (χ1v) is 10.3. The molecule has 2 heterocycles. The second-order valence-electron chi connectivity index (χ2n) is 6.30. The third-order valence-corrected chi connectivity index (χ3v) is 5.07. The Bertz CT molecular complexity index is 944. The number of hydrogen-bond donors (Lipinski definition) is 2. The van der Waals surface area contributed by atoms with E-state index >= 15 is 0 Å². The van der Waals surface area contributed by atoms with Gasteiger partial charge < -0.3 is 20.1 Å². The zero-order chi connectivity index (χ0) is 20.5. The van der Waals surface area contributed by atoms with E-state index in [0.29, 0.717) is 19.0 Å². The van der Waals surface area contributed by atoms with E-state index in [2.05, 4.69) is 39.7 Å². The van der Waals surface area contributed by atoms with Crippen LogP contribution in [0.25, 0.3) is 0 Å². The molecule has 2 aromatic heterocycles. The molecule has 30 heavy (non-hydrogen) atoms. The predicted molar refractivity (Wildman–Crippen MR) is 133 cm³/mol. The van der Waals surface area contributed by atoms with Crippen molar-refractivity contribution in [1.29, 1.82) is 0 Å². The second-order valence-corrected chi connectivity index (χ2v) is 7.67. The van der Waals surface area contributed by atoms with Gasteiger partial charge in [-0.05, 0) is 61.9 Å². The quantitative estimate of drug-likeness (QED) is 0.237. The molecule has 1 aromatic carbocycles. The lowest BCUT2D eigenvalue weighted by atomic mass is 10.2. The lowest BCUT2D eigenvalue weighted by Gasteiger charge is -2.12. The summed E-state index contributed by atoms with van der Waals surface area (Å²) in [5.74, 6) is 2.84. The molecule has 0 unspecified atom stereocenters. The van der Waals surface area contributed by atoms with Crippen LogP contribution in [0.15, 0.2) is 59.7 Å². The number of pyridine rings is 1. The van der Waals surface area contributed by atoms with E-state index < -0.39 is 0 Å². The molecule has 0 fully saturated rings. The molecule has 0 radical (unpaired) electrons. The minimum Gasteiger partial charge on any atom is -0.494 e. The highest BCUT2D eigenvalue weighted by atomic mass is 127. The molecule has 0 spiro atoms. The van der Waals surface area contributed by atoms with Gasteiger partial charge in [-0.3, -0.25) is 4.99 Å². The Hall–Kier alpha value is -2.33. The van der Waals surface area contributed by atoms with Crippen LogP contribution >= 0.6 is 35.3 Å². The number of hydrogen-bond acceptors (Lipinski definition) is 5. The van der Waals surface area contributed by atoms with Crippen molar-refractivity contribution in [2.45, 2.75) is 26.9 Å². The molecule has 0 bridgehead atoms. The number of nitrogens with one attached hydrogen (secondary N) is 2. The summed E-state index contributed by atoms with van der Waals surface area (Å²) in [6.07, 6.45) is 1.74. The van der Waals surface area contributed by atoms with Crippen LogP contribution in [-0.2, 0) is 13.1 Å². The fourth-order valence-corrected chi connectivity index (χ4v) is 3.49. The topological polar surface area (TPSA) is 67.8 Å². The SMILES string of the molecule is CCOc1ccc(Oc2cc(CNC(=NC)NCc3ccc(C)s3)ccn2)cc1.I. The standard InChI is InChI=1S/C22H26N4O2S.HI/c1-4-27-18-6-8-19(9-7-18)28-21-13-17(11-12-24-21)14-25-22(23-3)26-15-20-10-5-16(2)29-20;/h5-13H,4,14-15H2,1-3H3,(H2,23,25,26);1H. The largest absolute Gasteiger partial charge is 0.494 e. The monoisotopic (exact) mass is 538 g/mol. The summed E-state index contributed by atoms with van der Waals surface area (Å²) in [7, 11) is 1.77. The molecule has 0 amide bonds. The number of benzene rings is 1. The van der Waals surface area contributed by atoms with Gasteiger partial charge in [-0.15, -0.1) is 35.3 Å². The number of ether oxygens (including phenoxy) is 2. The zero-order valence-corrected chi connectivity index (χ0v) is 20.5. The Morgan fingerprint density at radius 3 is 2.43 bits per heavy atom. The van der Waals surface area contributed by atoms with Gasteiger partial charge in [0.15, 0.2) is 5.96 Å². The summed E-state index contributed by atoms with van der Waals surface area (Å²) in [6, 6.07) is 15.6. The Labute approximate surface area is 198 Å². The van der Waals surface area contributed by atoms with Gasteiger partial charge in [-0.2, -0.15) is 0 Å². The van der Waals surface area contributed by atoms with Gasteiger partial charge in [-0.25, -0.2) is 4.98 Å². The Morgan fingerprint density at radius 2 is 1.77 bits per heavy atom. The van der Waals surface area contributed by atoms with Crippen molar-refractivity contribution >= 4 is 41.3 Å². The number of guanidine groups is 1. The molecular formula is C22H27IN4O2S. The molecule has 0 aliphatic rings. The Balaban J connectivity index is 0.00000320. The molecule has 0 saturated heterocycles. The number of aryl methyl sites for hydroxylation is 1. The van der Waals surface area contributed by atoms with Crippen molar-refractivity contribution in [3.63, 3.8) is 0 Å². The summed E-state index contributed by atoms with van der Waals surface area (Å²) in [6.45, 7) is 6.08. The fraction of sp³-hybridized carbons (Fsp3) is 0.273. The highest BCUT2D eigenvalue weighted by Crippen LogP contribution is 2.23. The number of nitrogens with zero attached hydrogens (tertiary/aromatic N) is 2. The van der Waals surface area contributed by atoms with Crippen LogP contribution in [-0.4, -0.2) is 24.6 Å². The number of thiophene rings is 1. The van der Waals surface area contributed by atoms with Crippen molar-refractivity contribution in [3.05, 3.63) is 70.0 Å². The molecule has 6 nitrogen and oxygen atoms in total. The highest BCUT2D eigenvalue weighted by molar-refractivity contribution is 14.0. The first kappa shape index (κ1) is 23.9. The second kappa shape index (κ2) is 12.4. The average molecular weight is 538 g/mol. The Kier molecular flexibility index (Phi) is 9.88. The lowest BCUT2D eigenvalue weighted by Crippen LogP contribution is -2.36. The lowest BCUT2D eigenvalue weighted by molar-refractivity contribution is 0.339. The fourth-order valence-electron chi connectivity index (χ4n) is 2.66. The molecule has 0 aliphatic carbocycles. The van der Waals surface area contributed by atoms with Gasteiger partial charge in [0.1, 0.15) is 11.5 Å². The van der Waals surface area contributed by atoms with Gasteiger partial charge in [0.05, 0.1) is 13.2 Å². The van der Waals surface area contributed by atoms with Crippen LogP contribution in [0.5, 0.6) is 17.4 Å². The van der Waals surface area contributed by atoms with E-state index in [1.807, 2.05) is 43.3 Å².